The second-order valence-corrected chi connectivity index (χ2v) is 4.68. The summed E-state index contributed by atoms with van der Waals surface area (Å²) in [6.45, 7) is 7.46. The molecule has 1 aliphatic heterocycles. The van der Waals surface area contributed by atoms with E-state index in [1.165, 1.54) is 0 Å². The predicted octanol–water partition coefficient (Wildman–Crippen LogP) is 0.799. The molecule has 1 saturated heterocycles. The molecule has 0 aromatic rings. The minimum atomic E-state index is -0.458. The standard InChI is InChI=1S/C10H20N2O3/c1-10(2,3)15-9(13)12(7-14-4)8-5-11-6-8/h8,11H,5-7H2,1-4H3. The van der Waals surface area contributed by atoms with Crippen molar-refractivity contribution in [2.75, 3.05) is 26.9 Å². The maximum absolute atomic E-state index is 11.8. The van der Waals surface area contributed by atoms with Gasteiger partial charge in [0.25, 0.3) is 0 Å². The first-order valence-corrected chi connectivity index (χ1v) is 5.13. The predicted molar refractivity (Wildman–Crippen MR) is 56.6 cm³/mol. The monoisotopic (exact) mass is 216 g/mol. The third-order valence-electron chi connectivity index (χ3n) is 2.10. The molecule has 1 fully saturated rings. The van der Waals surface area contributed by atoms with Crippen LogP contribution >= 0.6 is 0 Å². The summed E-state index contributed by atoms with van der Waals surface area (Å²) >= 11 is 0. The number of nitrogens with one attached hydrogen (secondary N) is 1. The molecular formula is C10H20N2O3. The van der Waals surface area contributed by atoms with E-state index in [4.69, 9.17) is 9.47 Å². The van der Waals surface area contributed by atoms with Crippen LogP contribution in [0.3, 0.4) is 0 Å². The van der Waals surface area contributed by atoms with Crippen molar-refractivity contribution in [3.63, 3.8) is 0 Å². The molecule has 0 radical (unpaired) electrons. The molecule has 0 aromatic carbocycles. The highest BCUT2D eigenvalue weighted by atomic mass is 16.6. The summed E-state index contributed by atoms with van der Waals surface area (Å²) in [5, 5.41) is 3.11. The Labute approximate surface area is 90.7 Å². The molecule has 1 amide bonds. The van der Waals surface area contributed by atoms with Gasteiger partial charge in [0.15, 0.2) is 0 Å². The van der Waals surface area contributed by atoms with Crippen molar-refractivity contribution < 1.29 is 14.3 Å². The quantitative estimate of drug-likeness (QED) is 0.709. The zero-order chi connectivity index (χ0) is 11.5. The van der Waals surface area contributed by atoms with Crippen LogP contribution in [0, 0.1) is 0 Å². The number of nitrogens with zero attached hydrogens (tertiary/aromatic N) is 1. The van der Waals surface area contributed by atoms with Crippen molar-refractivity contribution in [3.05, 3.63) is 0 Å². The first-order chi connectivity index (χ1) is 6.94. The lowest BCUT2D eigenvalue weighted by molar-refractivity contribution is -0.0242. The molecule has 15 heavy (non-hydrogen) atoms. The summed E-state index contributed by atoms with van der Waals surface area (Å²) in [6.07, 6.45) is -0.309. The second-order valence-electron chi connectivity index (χ2n) is 4.68. The van der Waals surface area contributed by atoms with Gasteiger partial charge in [0.05, 0.1) is 6.04 Å². The van der Waals surface area contributed by atoms with Gasteiger partial charge in [-0.3, -0.25) is 4.90 Å². The molecule has 0 saturated carbocycles. The Bertz CT molecular complexity index is 221. The van der Waals surface area contributed by atoms with Crippen molar-refractivity contribution in [3.8, 4) is 0 Å². The molecule has 1 N–H and O–H groups in total. The largest absolute Gasteiger partial charge is 0.444 e. The Balaban J connectivity index is 2.50. The molecule has 0 unspecified atom stereocenters. The fourth-order valence-electron chi connectivity index (χ4n) is 1.26. The summed E-state index contributed by atoms with van der Waals surface area (Å²) in [7, 11) is 1.57. The molecule has 1 heterocycles. The highest BCUT2D eigenvalue weighted by Gasteiger charge is 2.31. The SMILES string of the molecule is COCN(C(=O)OC(C)(C)C)C1CNC1. The molecule has 0 spiro atoms. The summed E-state index contributed by atoms with van der Waals surface area (Å²) in [6, 6.07) is 0.194. The van der Waals surface area contributed by atoms with Gasteiger partial charge in [0, 0.05) is 20.2 Å². The highest BCUT2D eigenvalue weighted by Crippen LogP contribution is 2.13. The summed E-state index contributed by atoms with van der Waals surface area (Å²) in [4.78, 5) is 13.4. The molecule has 0 atom stereocenters. The van der Waals surface area contributed by atoms with Crippen molar-refractivity contribution in [1.82, 2.24) is 10.2 Å². The number of carbonyl (C=O) groups is 1. The van der Waals surface area contributed by atoms with Gasteiger partial charge in [-0.15, -0.1) is 0 Å². The number of hydrogen-bond donors (Lipinski definition) is 1. The van der Waals surface area contributed by atoms with Crippen molar-refractivity contribution in [2.45, 2.75) is 32.4 Å². The number of hydrogen-bond acceptors (Lipinski definition) is 4. The number of ether oxygens (including phenoxy) is 2. The van der Waals surface area contributed by atoms with Crippen LogP contribution in [0.4, 0.5) is 4.79 Å². The van der Waals surface area contributed by atoms with Crippen LogP contribution in [0.15, 0.2) is 0 Å². The zero-order valence-electron chi connectivity index (χ0n) is 9.87. The molecule has 1 aliphatic rings. The van der Waals surface area contributed by atoms with E-state index in [-0.39, 0.29) is 18.9 Å². The molecular weight excluding hydrogens is 196 g/mol. The lowest BCUT2D eigenvalue weighted by Crippen LogP contribution is -2.59. The summed E-state index contributed by atoms with van der Waals surface area (Å²) in [5.74, 6) is 0. The Hall–Kier alpha value is -0.810. The van der Waals surface area contributed by atoms with E-state index < -0.39 is 5.60 Å². The van der Waals surface area contributed by atoms with Gasteiger partial charge < -0.3 is 14.8 Å². The maximum atomic E-state index is 11.8. The van der Waals surface area contributed by atoms with Gasteiger partial charge in [-0.25, -0.2) is 4.79 Å². The number of methoxy groups -OCH3 is 1. The first-order valence-electron chi connectivity index (χ1n) is 5.13. The topological polar surface area (TPSA) is 50.8 Å². The molecule has 0 aromatic heterocycles. The number of amides is 1. The molecule has 0 aliphatic carbocycles. The van der Waals surface area contributed by atoms with Gasteiger partial charge in [0.1, 0.15) is 12.3 Å². The molecule has 1 rings (SSSR count). The van der Waals surface area contributed by atoms with E-state index in [2.05, 4.69) is 5.32 Å². The zero-order valence-corrected chi connectivity index (χ0v) is 9.87. The Morgan fingerprint density at radius 2 is 2.07 bits per heavy atom. The van der Waals surface area contributed by atoms with Crippen LogP contribution < -0.4 is 5.32 Å². The third kappa shape index (κ3) is 3.68. The van der Waals surface area contributed by atoms with Crippen LogP contribution in [0.2, 0.25) is 0 Å². The molecule has 88 valence electrons. The van der Waals surface area contributed by atoms with Crippen LogP contribution in [-0.4, -0.2) is 49.6 Å². The van der Waals surface area contributed by atoms with Crippen molar-refractivity contribution >= 4 is 6.09 Å². The smallest absolute Gasteiger partial charge is 0.412 e. The third-order valence-corrected chi connectivity index (χ3v) is 2.10. The van der Waals surface area contributed by atoms with E-state index in [0.717, 1.165) is 13.1 Å². The second kappa shape index (κ2) is 4.81. The van der Waals surface area contributed by atoms with Gasteiger partial charge in [0.2, 0.25) is 0 Å². The lowest BCUT2D eigenvalue weighted by atomic mass is 10.1. The van der Waals surface area contributed by atoms with Crippen molar-refractivity contribution in [1.29, 1.82) is 0 Å². The average molecular weight is 216 g/mol. The van der Waals surface area contributed by atoms with Gasteiger partial charge in [-0.2, -0.15) is 0 Å². The fraction of sp³-hybridized carbons (Fsp3) is 0.900. The van der Waals surface area contributed by atoms with Gasteiger partial charge >= 0.3 is 6.09 Å². The van der Waals surface area contributed by atoms with Crippen molar-refractivity contribution in [2.24, 2.45) is 0 Å². The fourth-order valence-corrected chi connectivity index (χ4v) is 1.26. The van der Waals surface area contributed by atoms with E-state index in [1.54, 1.807) is 12.0 Å². The van der Waals surface area contributed by atoms with E-state index in [1.807, 2.05) is 20.8 Å². The van der Waals surface area contributed by atoms with Gasteiger partial charge in [-0.05, 0) is 20.8 Å². The highest BCUT2D eigenvalue weighted by molar-refractivity contribution is 5.68. The lowest BCUT2D eigenvalue weighted by Gasteiger charge is -2.38. The van der Waals surface area contributed by atoms with E-state index in [9.17, 15) is 4.79 Å². The molecule has 5 nitrogen and oxygen atoms in total. The minimum Gasteiger partial charge on any atom is -0.444 e. The molecule has 5 heteroatoms. The Morgan fingerprint density at radius 3 is 2.40 bits per heavy atom. The van der Waals surface area contributed by atoms with Crippen LogP contribution in [0.1, 0.15) is 20.8 Å². The normalized spacial score (nSPS) is 17.1. The summed E-state index contributed by atoms with van der Waals surface area (Å²) in [5.41, 5.74) is -0.458. The minimum absolute atomic E-state index is 0.194. The van der Waals surface area contributed by atoms with Crippen LogP contribution in [-0.2, 0) is 9.47 Å². The van der Waals surface area contributed by atoms with E-state index in [0.29, 0.717) is 0 Å². The van der Waals surface area contributed by atoms with Crippen LogP contribution in [0.25, 0.3) is 0 Å². The Kier molecular flexibility index (Phi) is 3.93. The Morgan fingerprint density at radius 1 is 1.47 bits per heavy atom. The van der Waals surface area contributed by atoms with Crippen LogP contribution in [0.5, 0.6) is 0 Å². The van der Waals surface area contributed by atoms with Gasteiger partial charge in [-0.1, -0.05) is 0 Å². The molecule has 0 bridgehead atoms. The number of rotatable bonds is 3. The maximum Gasteiger partial charge on any atom is 0.412 e. The average Bonchev–Trinajstić information content (AvgIpc) is 1.96. The van der Waals surface area contributed by atoms with E-state index >= 15 is 0 Å². The number of carbonyl (C=O) groups excluding carboxylic acids is 1. The first kappa shape index (κ1) is 12.3. The summed E-state index contributed by atoms with van der Waals surface area (Å²) < 4.78 is 10.3.